The maximum Gasteiger partial charge on any atom is 0.254 e. The summed E-state index contributed by atoms with van der Waals surface area (Å²) < 4.78 is 0. The lowest BCUT2D eigenvalue weighted by Gasteiger charge is -2.22. The molecule has 1 saturated carbocycles. The molecular weight excluding hydrogens is 334 g/mol. The number of amides is 2. The van der Waals surface area contributed by atoms with E-state index >= 15 is 0 Å². The fourth-order valence-corrected chi connectivity index (χ4v) is 3.50. The van der Waals surface area contributed by atoms with E-state index in [9.17, 15) is 9.59 Å². The molecule has 3 rings (SSSR count). The molecule has 2 aromatic rings. The second-order valence-electron chi connectivity index (χ2n) is 6.65. The summed E-state index contributed by atoms with van der Waals surface area (Å²) in [5, 5.41) is 3.42. The van der Waals surface area contributed by atoms with E-state index in [2.05, 4.69) is 10.3 Å². The zero-order valence-electron chi connectivity index (χ0n) is 14.8. The van der Waals surface area contributed by atoms with E-state index in [4.69, 9.17) is 0 Å². The Morgan fingerprint density at radius 1 is 1.24 bits per heavy atom. The highest BCUT2D eigenvalue weighted by Crippen LogP contribution is 2.30. The van der Waals surface area contributed by atoms with Crippen LogP contribution in [0.4, 0.5) is 5.13 Å². The SMILES string of the molecule is Cc1ccccc1C(=O)N(CC(=O)Nc1nc(C)c(C)s1)CC1CC1. The Hall–Kier alpha value is -2.21. The van der Waals surface area contributed by atoms with Crippen LogP contribution in [0.25, 0.3) is 0 Å². The Bertz CT molecular complexity index is 776. The number of aromatic nitrogens is 1. The first-order valence-corrected chi connectivity index (χ1v) is 9.34. The molecule has 1 aliphatic carbocycles. The van der Waals surface area contributed by atoms with E-state index in [0.717, 1.165) is 29.0 Å². The van der Waals surface area contributed by atoms with Gasteiger partial charge in [0, 0.05) is 17.0 Å². The van der Waals surface area contributed by atoms with Gasteiger partial charge in [-0.15, -0.1) is 11.3 Å². The third-order valence-corrected chi connectivity index (χ3v) is 5.44. The summed E-state index contributed by atoms with van der Waals surface area (Å²) in [5.74, 6) is 0.244. The first kappa shape index (κ1) is 17.6. The van der Waals surface area contributed by atoms with E-state index in [-0.39, 0.29) is 18.4 Å². The normalized spacial score (nSPS) is 13.6. The van der Waals surface area contributed by atoms with Crippen molar-refractivity contribution in [3.05, 3.63) is 46.0 Å². The molecule has 5 nitrogen and oxygen atoms in total. The maximum absolute atomic E-state index is 12.9. The number of nitrogens with zero attached hydrogens (tertiary/aromatic N) is 2. The molecule has 6 heteroatoms. The molecule has 132 valence electrons. The molecule has 1 N–H and O–H groups in total. The topological polar surface area (TPSA) is 62.3 Å². The summed E-state index contributed by atoms with van der Waals surface area (Å²) >= 11 is 1.46. The van der Waals surface area contributed by atoms with Gasteiger partial charge in [0.15, 0.2) is 5.13 Å². The number of benzene rings is 1. The monoisotopic (exact) mass is 357 g/mol. The number of rotatable bonds is 6. The van der Waals surface area contributed by atoms with Crippen molar-refractivity contribution < 1.29 is 9.59 Å². The maximum atomic E-state index is 12.9. The second-order valence-corrected chi connectivity index (χ2v) is 7.86. The highest BCUT2D eigenvalue weighted by Gasteiger charge is 2.29. The van der Waals surface area contributed by atoms with Gasteiger partial charge in [0.05, 0.1) is 5.69 Å². The third kappa shape index (κ3) is 4.45. The van der Waals surface area contributed by atoms with Gasteiger partial charge in [0.2, 0.25) is 5.91 Å². The van der Waals surface area contributed by atoms with Gasteiger partial charge < -0.3 is 10.2 Å². The molecule has 1 aliphatic rings. The predicted octanol–water partition coefficient (Wildman–Crippen LogP) is 3.56. The number of carbonyl (C=O) groups excluding carboxylic acids is 2. The molecule has 0 bridgehead atoms. The minimum atomic E-state index is -0.198. The van der Waals surface area contributed by atoms with E-state index < -0.39 is 0 Å². The summed E-state index contributed by atoms with van der Waals surface area (Å²) in [7, 11) is 0. The van der Waals surface area contributed by atoms with Gasteiger partial charge in [-0.25, -0.2) is 4.98 Å². The average molecular weight is 357 g/mol. The number of nitrogens with one attached hydrogen (secondary N) is 1. The molecule has 1 fully saturated rings. The quantitative estimate of drug-likeness (QED) is 0.860. The number of carbonyl (C=O) groups is 2. The lowest BCUT2D eigenvalue weighted by Crippen LogP contribution is -2.39. The minimum Gasteiger partial charge on any atom is -0.329 e. The van der Waals surface area contributed by atoms with Crippen LogP contribution < -0.4 is 5.32 Å². The Kier molecular flexibility index (Phi) is 5.18. The molecule has 1 heterocycles. The molecule has 1 aromatic carbocycles. The molecule has 0 aliphatic heterocycles. The molecule has 2 amide bonds. The van der Waals surface area contributed by atoms with Gasteiger partial charge in [-0.05, 0) is 51.2 Å². The largest absolute Gasteiger partial charge is 0.329 e. The Morgan fingerprint density at radius 3 is 2.56 bits per heavy atom. The highest BCUT2D eigenvalue weighted by atomic mass is 32.1. The minimum absolute atomic E-state index is 0.0569. The van der Waals surface area contributed by atoms with Gasteiger partial charge >= 0.3 is 0 Å². The highest BCUT2D eigenvalue weighted by molar-refractivity contribution is 7.15. The van der Waals surface area contributed by atoms with Gasteiger partial charge in [-0.1, -0.05) is 18.2 Å². The summed E-state index contributed by atoms with van der Waals surface area (Å²) in [6.07, 6.45) is 2.26. The van der Waals surface area contributed by atoms with Crippen molar-refractivity contribution in [2.24, 2.45) is 5.92 Å². The van der Waals surface area contributed by atoms with Crippen molar-refractivity contribution >= 4 is 28.3 Å². The zero-order valence-corrected chi connectivity index (χ0v) is 15.7. The van der Waals surface area contributed by atoms with E-state index in [1.54, 1.807) is 4.90 Å². The zero-order chi connectivity index (χ0) is 18.0. The summed E-state index contributed by atoms with van der Waals surface area (Å²) in [6, 6.07) is 7.51. The Morgan fingerprint density at radius 2 is 1.96 bits per heavy atom. The van der Waals surface area contributed by atoms with Crippen LogP contribution in [-0.2, 0) is 4.79 Å². The summed E-state index contributed by atoms with van der Waals surface area (Å²) in [4.78, 5) is 32.4. The lowest BCUT2D eigenvalue weighted by molar-refractivity contribution is -0.116. The Labute approximate surface area is 152 Å². The number of aryl methyl sites for hydroxylation is 3. The predicted molar refractivity (Wildman–Crippen MR) is 100 cm³/mol. The number of hydrogen-bond acceptors (Lipinski definition) is 4. The fraction of sp³-hybridized carbons (Fsp3) is 0.421. The standard InChI is InChI=1S/C19H23N3O2S/c1-12-6-4-5-7-16(12)18(24)22(10-15-8-9-15)11-17(23)21-19-20-13(2)14(3)25-19/h4-7,15H,8-11H2,1-3H3,(H,20,21,23). The Balaban J connectivity index is 1.71. The van der Waals surface area contributed by atoms with Gasteiger partial charge in [0.25, 0.3) is 5.91 Å². The van der Waals surface area contributed by atoms with Crippen molar-refractivity contribution in [1.82, 2.24) is 9.88 Å². The lowest BCUT2D eigenvalue weighted by atomic mass is 10.1. The van der Waals surface area contributed by atoms with Crippen LogP contribution in [0.1, 0.15) is 39.3 Å². The van der Waals surface area contributed by atoms with Gasteiger partial charge in [-0.2, -0.15) is 0 Å². The third-order valence-electron chi connectivity index (χ3n) is 4.45. The average Bonchev–Trinajstić information content (AvgIpc) is 3.32. The second kappa shape index (κ2) is 7.35. The van der Waals surface area contributed by atoms with Crippen molar-refractivity contribution in [2.75, 3.05) is 18.4 Å². The van der Waals surface area contributed by atoms with Crippen LogP contribution in [0.2, 0.25) is 0 Å². The van der Waals surface area contributed by atoms with Crippen molar-refractivity contribution in [1.29, 1.82) is 0 Å². The molecule has 0 spiro atoms. The van der Waals surface area contributed by atoms with Crippen molar-refractivity contribution in [3.63, 3.8) is 0 Å². The fourth-order valence-electron chi connectivity index (χ4n) is 2.67. The van der Waals surface area contributed by atoms with Crippen LogP contribution in [0.5, 0.6) is 0 Å². The van der Waals surface area contributed by atoms with E-state index in [1.807, 2.05) is 45.0 Å². The van der Waals surface area contributed by atoms with Crippen LogP contribution in [0.15, 0.2) is 24.3 Å². The summed E-state index contributed by atoms with van der Waals surface area (Å²) in [5.41, 5.74) is 2.52. The number of thiazole rings is 1. The molecule has 0 unspecified atom stereocenters. The van der Waals surface area contributed by atoms with Crippen LogP contribution in [0.3, 0.4) is 0 Å². The van der Waals surface area contributed by atoms with Crippen molar-refractivity contribution in [3.8, 4) is 0 Å². The first-order valence-electron chi connectivity index (χ1n) is 8.53. The van der Waals surface area contributed by atoms with E-state index in [0.29, 0.717) is 23.2 Å². The summed E-state index contributed by atoms with van der Waals surface area (Å²) in [6.45, 7) is 6.51. The van der Waals surface area contributed by atoms with Crippen LogP contribution in [-0.4, -0.2) is 34.8 Å². The number of anilines is 1. The molecule has 1 aromatic heterocycles. The van der Waals surface area contributed by atoms with Gasteiger partial charge in [-0.3, -0.25) is 9.59 Å². The first-order chi connectivity index (χ1) is 11.9. The molecule has 0 radical (unpaired) electrons. The van der Waals surface area contributed by atoms with Gasteiger partial charge in [0.1, 0.15) is 6.54 Å². The number of hydrogen-bond donors (Lipinski definition) is 1. The van der Waals surface area contributed by atoms with E-state index in [1.165, 1.54) is 11.3 Å². The molecular formula is C19H23N3O2S. The molecule has 25 heavy (non-hydrogen) atoms. The van der Waals surface area contributed by atoms with Crippen LogP contribution in [0, 0.1) is 26.7 Å². The van der Waals surface area contributed by atoms with Crippen molar-refractivity contribution in [2.45, 2.75) is 33.6 Å². The smallest absolute Gasteiger partial charge is 0.254 e. The molecule has 0 saturated heterocycles. The van der Waals surface area contributed by atoms with Crippen LogP contribution >= 0.6 is 11.3 Å². The molecule has 0 atom stereocenters.